The second-order valence-electron chi connectivity index (χ2n) is 5.91. The van der Waals surface area contributed by atoms with Crippen LogP contribution in [0.3, 0.4) is 0 Å². The third-order valence-corrected chi connectivity index (χ3v) is 4.23. The fraction of sp³-hybridized carbons (Fsp3) is 0.600. The zero-order valence-corrected chi connectivity index (χ0v) is 13.4. The molecule has 1 aliphatic heterocycles. The molecular weight excluding hydrogens is 306 g/mol. The molecule has 1 heterocycles. The van der Waals surface area contributed by atoms with Gasteiger partial charge in [-0.2, -0.15) is 0 Å². The number of rotatable bonds is 3. The topological polar surface area (TPSA) is 32.7 Å². The Morgan fingerprint density at radius 1 is 1.42 bits per heavy atom. The van der Waals surface area contributed by atoms with Crippen LogP contribution in [-0.4, -0.2) is 41.3 Å². The van der Waals surface area contributed by atoms with Crippen LogP contribution in [-0.2, 0) is 4.74 Å². The Morgan fingerprint density at radius 2 is 2.05 bits per heavy atom. The number of aliphatic hydroxyl groups is 1. The van der Waals surface area contributed by atoms with Crippen LogP contribution >= 0.6 is 15.9 Å². The first-order valence-electron chi connectivity index (χ1n) is 6.69. The minimum Gasteiger partial charge on any atom is -0.387 e. The van der Waals surface area contributed by atoms with Gasteiger partial charge in [0, 0.05) is 23.1 Å². The van der Waals surface area contributed by atoms with Gasteiger partial charge in [0.25, 0.3) is 0 Å². The lowest BCUT2D eigenvalue weighted by atomic mass is 9.99. The highest BCUT2D eigenvalue weighted by molar-refractivity contribution is 9.10. The molecule has 1 aliphatic rings. The van der Waals surface area contributed by atoms with Gasteiger partial charge < -0.3 is 9.84 Å². The highest BCUT2D eigenvalue weighted by atomic mass is 79.9. The summed E-state index contributed by atoms with van der Waals surface area (Å²) >= 11 is 3.41. The summed E-state index contributed by atoms with van der Waals surface area (Å²) in [4.78, 5) is 2.31. The van der Waals surface area contributed by atoms with Crippen molar-refractivity contribution < 1.29 is 9.84 Å². The van der Waals surface area contributed by atoms with Gasteiger partial charge in [-0.15, -0.1) is 0 Å². The summed E-state index contributed by atoms with van der Waals surface area (Å²) in [5.41, 5.74) is 0.932. The summed E-state index contributed by atoms with van der Waals surface area (Å²) < 4.78 is 6.73. The molecule has 106 valence electrons. The van der Waals surface area contributed by atoms with E-state index in [0.29, 0.717) is 13.2 Å². The molecule has 1 aromatic rings. The molecule has 1 N–H and O–H groups in total. The van der Waals surface area contributed by atoms with E-state index in [2.05, 4.69) is 41.6 Å². The fourth-order valence-electron chi connectivity index (χ4n) is 2.37. The van der Waals surface area contributed by atoms with Crippen molar-refractivity contribution in [3.8, 4) is 0 Å². The van der Waals surface area contributed by atoms with Gasteiger partial charge in [-0.3, -0.25) is 4.90 Å². The van der Waals surface area contributed by atoms with Crippen molar-refractivity contribution in [1.82, 2.24) is 4.90 Å². The smallest absolute Gasteiger partial charge is 0.0917 e. The average Bonchev–Trinajstić information content (AvgIpc) is 2.35. The average molecular weight is 328 g/mol. The Kier molecular flexibility index (Phi) is 4.66. The molecule has 0 aromatic heterocycles. The van der Waals surface area contributed by atoms with Gasteiger partial charge >= 0.3 is 0 Å². The normalized spacial score (nSPS) is 25.2. The number of aliphatic hydroxyl groups excluding tert-OH is 1. The molecule has 2 unspecified atom stereocenters. The van der Waals surface area contributed by atoms with Gasteiger partial charge in [-0.1, -0.05) is 28.1 Å². The monoisotopic (exact) mass is 327 g/mol. The SMILES string of the molecule is CC1CN(CC(O)c2ccc(Br)cc2)C(C)(C)CO1. The fourth-order valence-corrected chi connectivity index (χ4v) is 2.63. The first-order valence-corrected chi connectivity index (χ1v) is 7.48. The predicted octanol–water partition coefficient (Wildman–Crippen LogP) is 2.98. The van der Waals surface area contributed by atoms with Crippen LogP contribution < -0.4 is 0 Å². The third-order valence-electron chi connectivity index (χ3n) is 3.70. The number of hydrogen-bond acceptors (Lipinski definition) is 3. The molecule has 1 saturated heterocycles. The number of nitrogens with zero attached hydrogens (tertiary/aromatic N) is 1. The Morgan fingerprint density at radius 3 is 2.68 bits per heavy atom. The van der Waals surface area contributed by atoms with Crippen LogP contribution in [0.1, 0.15) is 32.4 Å². The maximum atomic E-state index is 10.4. The van der Waals surface area contributed by atoms with Crippen LogP contribution in [0.4, 0.5) is 0 Å². The van der Waals surface area contributed by atoms with E-state index in [1.807, 2.05) is 24.3 Å². The molecule has 0 saturated carbocycles. The number of benzene rings is 1. The number of halogens is 1. The van der Waals surface area contributed by atoms with E-state index in [1.54, 1.807) is 0 Å². The standard InChI is InChI=1S/C15H22BrNO2/c1-11-8-17(15(2,3)10-19-11)9-14(18)12-4-6-13(16)7-5-12/h4-7,11,14,18H,8-10H2,1-3H3. The quantitative estimate of drug-likeness (QED) is 0.926. The van der Waals surface area contributed by atoms with Gasteiger partial charge in [-0.05, 0) is 38.5 Å². The second-order valence-corrected chi connectivity index (χ2v) is 6.82. The molecule has 0 aliphatic carbocycles. The molecule has 1 aromatic carbocycles. The molecule has 0 spiro atoms. The Hall–Kier alpha value is -0.420. The van der Waals surface area contributed by atoms with Crippen LogP contribution in [0.25, 0.3) is 0 Å². The lowest BCUT2D eigenvalue weighted by molar-refractivity contribution is -0.102. The van der Waals surface area contributed by atoms with Crippen molar-refractivity contribution in [1.29, 1.82) is 0 Å². The zero-order chi connectivity index (χ0) is 14.0. The number of ether oxygens (including phenoxy) is 1. The summed E-state index contributed by atoms with van der Waals surface area (Å²) in [6.07, 6.45) is -0.234. The highest BCUT2D eigenvalue weighted by Gasteiger charge is 2.34. The molecule has 0 amide bonds. The van der Waals surface area contributed by atoms with Gasteiger partial charge in [0.2, 0.25) is 0 Å². The van der Waals surface area contributed by atoms with E-state index in [4.69, 9.17) is 4.74 Å². The predicted molar refractivity (Wildman–Crippen MR) is 80.2 cm³/mol. The number of β-amino-alcohol motifs (C(OH)–C–C–N with tert-alkyl or cyclic N) is 1. The molecule has 2 rings (SSSR count). The summed E-state index contributed by atoms with van der Waals surface area (Å²) in [5.74, 6) is 0. The second kappa shape index (κ2) is 5.92. The Labute approximate surface area is 123 Å². The van der Waals surface area contributed by atoms with Crippen molar-refractivity contribution in [2.24, 2.45) is 0 Å². The van der Waals surface area contributed by atoms with E-state index < -0.39 is 6.10 Å². The van der Waals surface area contributed by atoms with Gasteiger partial charge in [-0.25, -0.2) is 0 Å². The van der Waals surface area contributed by atoms with Crippen LogP contribution in [0.15, 0.2) is 28.7 Å². The van der Waals surface area contributed by atoms with Gasteiger partial charge in [0.1, 0.15) is 0 Å². The van der Waals surface area contributed by atoms with E-state index in [0.717, 1.165) is 16.6 Å². The summed E-state index contributed by atoms with van der Waals surface area (Å²) in [6.45, 7) is 8.61. The van der Waals surface area contributed by atoms with Gasteiger partial charge in [0.15, 0.2) is 0 Å². The molecule has 1 fully saturated rings. The van der Waals surface area contributed by atoms with E-state index in [1.165, 1.54) is 0 Å². The van der Waals surface area contributed by atoms with Crippen LogP contribution in [0.5, 0.6) is 0 Å². The lowest BCUT2D eigenvalue weighted by Crippen LogP contribution is -2.56. The third kappa shape index (κ3) is 3.78. The summed E-state index contributed by atoms with van der Waals surface area (Å²) in [7, 11) is 0. The summed E-state index contributed by atoms with van der Waals surface area (Å²) in [5, 5.41) is 10.4. The molecule has 4 heteroatoms. The maximum absolute atomic E-state index is 10.4. The van der Waals surface area contributed by atoms with E-state index in [9.17, 15) is 5.11 Å². The van der Waals surface area contributed by atoms with Crippen molar-refractivity contribution in [3.05, 3.63) is 34.3 Å². The summed E-state index contributed by atoms with van der Waals surface area (Å²) in [6, 6.07) is 7.86. The molecule has 0 radical (unpaired) electrons. The lowest BCUT2D eigenvalue weighted by Gasteiger charge is -2.45. The first kappa shape index (κ1) is 15.0. The van der Waals surface area contributed by atoms with Crippen molar-refractivity contribution >= 4 is 15.9 Å². The first-order chi connectivity index (χ1) is 8.88. The molecular formula is C15H22BrNO2. The number of morpholine rings is 1. The Bertz CT molecular complexity index is 419. The largest absolute Gasteiger partial charge is 0.387 e. The zero-order valence-electron chi connectivity index (χ0n) is 11.8. The molecule has 3 nitrogen and oxygen atoms in total. The maximum Gasteiger partial charge on any atom is 0.0917 e. The minimum absolute atomic E-state index is 0.0249. The van der Waals surface area contributed by atoms with Crippen molar-refractivity contribution in [3.63, 3.8) is 0 Å². The molecule has 19 heavy (non-hydrogen) atoms. The van der Waals surface area contributed by atoms with Gasteiger partial charge in [0.05, 0.1) is 18.8 Å². The Balaban J connectivity index is 2.04. The van der Waals surface area contributed by atoms with Crippen molar-refractivity contribution in [2.75, 3.05) is 19.7 Å². The van der Waals surface area contributed by atoms with Crippen LogP contribution in [0, 0.1) is 0 Å². The van der Waals surface area contributed by atoms with E-state index in [-0.39, 0.29) is 11.6 Å². The van der Waals surface area contributed by atoms with Crippen LogP contribution in [0.2, 0.25) is 0 Å². The highest BCUT2D eigenvalue weighted by Crippen LogP contribution is 2.25. The van der Waals surface area contributed by atoms with E-state index >= 15 is 0 Å². The molecule has 2 atom stereocenters. The molecule has 0 bridgehead atoms. The minimum atomic E-state index is -0.460. The van der Waals surface area contributed by atoms with Crippen molar-refractivity contribution in [2.45, 2.75) is 38.5 Å². The number of hydrogen-bond donors (Lipinski definition) is 1.